The Morgan fingerprint density at radius 2 is 2.19 bits per heavy atom. The molecule has 0 aromatic heterocycles. The first kappa shape index (κ1) is 12.9. The largest absolute Gasteiger partial charge is 0.481 e. The number of carboxylic acids is 1. The van der Waals surface area contributed by atoms with Crippen molar-refractivity contribution in [1.82, 2.24) is 4.90 Å². The van der Waals surface area contributed by atoms with Gasteiger partial charge < -0.3 is 20.8 Å². The van der Waals surface area contributed by atoms with Crippen LogP contribution in [-0.4, -0.2) is 52.2 Å². The van der Waals surface area contributed by atoms with Gasteiger partial charge in [-0.25, -0.2) is 0 Å². The van der Waals surface area contributed by atoms with Crippen LogP contribution in [0.5, 0.6) is 0 Å². The third-order valence-corrected chi connectivity index (χ3v) is 3.06. The minimum atomic E-state index is -1.09. The second-order valence-electron chi connectivity index (χ2n) is 4.25. The van der Waals surface area contributed by atoms with Crippen LogP contribution < -0.4 is 5.73 Å². The standard InChI is InChI=1S/C10H18N2O4/c1-6-2-3-12(8(6)5-13)10(16)7(11)4-9(14)15/h6-8,13H,2-5,11H2,1H3,(H,14,15). The molecular formula is C10H18N2O4. The van der Waals surface area contributed by atoms with Crippen LogP contribution in [0.1, 0.15) is 19.8 Å². The van der Waals surface area contributed by atoms with Crippen LogP contribution in [0, 0.1) is 5.92 Å². The number of carbonyl (C=O) groups excluding carboxylic acids is 1. The van der Waals surface area contributed by atoms with Crippen molar-refractivity contribution in [3.05, 3.63) is 0 Å². The van der Waals surface area contributed by atoms with E-state index >= 15 is 0 Å². The van der Waals surface area contributed by atoms with Crippen molar-refractivity contribution in [1.29, 1.82) is 0 Å². The van der Waals surface area contributed by atoms with Gasteiger partial charge in [-0.1, -0.05) is 6.92 Å². The Balaban J connectivity index is 2.63. The Bertz CT molecular complexity index is 282. The third kappa shape index (κ3) is 2.70. The minimum absolute atomic E-state index is 0.104. The highest BCUT2D eigenvalue weighted by Crippen LogP contribution is 2.24. The van der Waals surface area contributed by atoms with E-state index in [1.807, 2.05) is 6.92 Å². The van der Waals surface area contributed by atoms with Crippen LogP contribution in [0.25, 0.3) is 0 Å². The fraction of sp³-hybridized carbons (Fsp3) is 0.800. The molecule has 0 saturated carbocycles. The summed E-state index contributed by atoms with van der Waals surface area (Å²) in [5.74, 6) is -1.24. The maximum Gasteiger partial charge on any atom is 0.305 e. The van der Waals surface area contributed by atoms with Crippen molar-refractivity contribution in [2.24, 2.45) is 11.7 Å². The molecule has 0 aromatic rings. The first-order valence-electron chi connectivity index (χ1n) is 5.36. The zero-order valence-corrected chi connectivity index (χ0v) is 9.30. The van der Waals surface area contributed by atoms with Crippen LogP contribution in [0.3, 0.4) is 0 Å². The molecule has 1 aliphatic heterocycles. The van der Waals surface area contributed by atoms with Gasteiger partial charge in [0.15, 0.2) is 0 Å². The topological polar surface area (TPSA) is 104 Å². The molecule has 1 saturated heterocycles. The maximum absolute atomic E-state index is 11.8. The SMILES string of the molecule is CC1CCN(C(=O)C(N)CC(=O)O)C1CO. The summed E-state index contributed by atoms with van der Waals surface area (Å²) in [6, 6.07) is -1.25. The molecule has 0 spiro atoms. The highest BCUT2D eigenvalue weighted by atomic mass is 16.4. The summed E-state index contributed by atoms with van der Waals surface area (Å²) < 4.78 is 0. The number of amides is 1. The number of rotatable bonds is 4. The molecule has 92 valence electrons. The van der Waals surface area contributed by atoms with Gasteiger partial charge in [0.05, 0.1) is 25.1 Å². The predicted molar refractivity (Wildman–Crippen MR) is 56.6 cm³/mol. The number of aliphatic hydroxyl groups is 1. The Morgan fingerprint density at radius 1 is 1.56 bits per heavy atom. The first-order valence-corrected chi connectivity index (χ1v) is 5.36. The summed E-state index contributed by atoms with van der Waals surface area (Å²) in [7, 11) is 0. The van der Waals surface area contributed by atoms with Crippen molar-refractivity contribution in [2.75, 3.05) is 13.2 Å². The van der Waals surface area contributed by atoms with Crippen molar-refractivity contribution < 1.29 is 19.8 Å². The molecule has 6 nitrogen and oxygen atoms in total. The summed E-state index contributed by atoms with van der Waals surface area (Å²) in [5.41, 5.74) is 5.51. The zero-order chi connectivity index (χ0) is 12.3. The molecule has 0 bridgehead atoms. The molecule has 3 atom stereocenters. The van der Waals surface area contributed by atoms with E-state index in [1.165, 1.54) is 4.90 Å². The van der Waals surface area contributed by atoms with E-state index in [9.17, 15) is 9.59 Å². The lowest BCUT2D eigenvalue weighted by molar-refractivity contribution is -0.142. The summed E-state index contributed by atoms with van der Waals surface area (Å²) in [4.78, 5) is 23.8. The maximum atomic E-state index is 11.8. The molecule has 0 aromatic carbocycles. The van der Waals surface area contributed by atoms with Crippen molar-refractivity contribution in [3.63, 3.8) is 0 Å². The van der Waals surface area contributed by atoms with Gasteiger partial charge in [0.1, 0.15) is 0 Å². The van der Waals surface area contributed by atoms with E-state index in [0.717, 1.165) is 6.42 Å². The number of hydrogen-bond donors (Lipinski definition) is 3. The molecule has 1 aliphatic rings. The molecule has 1 rings (SSSR count). The normalized spacial score (nSPS) is 26.8. The summed E-state index contributed by atoms with van der Waals surface area (Å²) in [6.07, 6.45) is 0.443. The highest BCUT2D eigenvalue weighted by Gasteiger charge is 2.36. The van der Waals surface area contributed by atoms with E-state index in [1.54, 1.807) is 0 Å². The molecule has 6 heteroatoms. The van der Waals surface area contributed by atoms with Gasteiger partial charge in [-0.2, -0.15) is 0 Å². The van der Waals surface area contributed by atoms with Gasteiger partial charge in [0.25, 0.3) is 0 Å². The van der Waals surface area contributed by atoms with Crippen molar-refractivity contribution in [2.45, 2.75) is 31.8 Å². The lowest BCUT2D eigenvalue weighted by Gasteiger charge is -2.27. The number of hydrogen-bond acceptors (Lipinski definition) is 4. The summed E-state index contributed by atoms with van der Waals surface area (Å²) >= 11 is 0. The summed E-state index contributed by atoms with van der Waals surface area (Å²) in [5, 5.41) is 17.7. The third-order valence-electron chi connectivity index (χ3n) is 3.06. The van der Waals surface area contributed by atoms with Crippen LogP contribution >= 0.6 is 0 Å². The predicted octanol–water partition coefficient (Wildman–Crippen LogP) is -0.982. The zero-order valence-electron chi connectivity index (χ0n) is 9.30. The second kappa shape index (κ2) is 5.27. The van der Waals surface area contributed by atoms with Gasteiger partial charge in [-0.15, -0.1) is 0 Å². The van der Waals surface area contributed by atoms with Gasteiger partial charge in [-0.3, -0.25) is 9.59 Å². The number of aliphatic hydroxyl groups excluding tert-OH is 1. The monoisotopic (exact) mass is 230 g/mol. The number of carbonyl (C=O) groups is 2. The van der Waals surface area contributed by atoms with Gasteiger partial charge >= 0.3 is 5.97 Å². The van der Waals surface area contributed by atoms with Gasteiger partial charge in [0.2, 0.25) is 5.91 Å². The fourth-order valence-electron chi connectivity index (χ4n) is 2.05. The first-order chi connectivity index (χ1) is 7.47. The fourth-order valence-corrected chi connectivity index (χ4v) is 2.05. The molecule has 16 heavy (non-hydrogen) atoms. The number of carboxylic acid groups (broad SMARTS) is 1. The Labute approximate surface area is 94.0 Å². The minimum Gasteiger partial charge on any atom is -0.481 e. The number of likely N-dealkylation sites (tertiary alicyclic amines) is 1. The Hall–Kier alpha value is -1.14. The Morgan fingerprint density at radius 3 is 2.69 bits per heavy atom. The van der Waals surface area contributed by atoms with E-state index in [2.05, 4.69) is 0 Å². The molecular weight excluding hydrogens is 212 g/mol. The lowest BCUT2D eigenvalue weighted by Crippen LogP contribution is -2.48. The molecule has 1 amide bonds. The molecule has 1 fully saturated rings. The lowest BCUT2D eigenvalue weighted by atomic mass is 10.0. The molecule has 1 heterocycles. The number of aliphatic carboxylic acids is 1. The molecule has 4 N–H and O–H groups in total. The average Bonchev–Trinajstić information content (AvgIpc) is 2.57. The molecule has 0 aliphatic carbocycles. The van der Waals surface area contributed by atoms with Gasteiger partial charge in [0, 0.05) is 6.54 Å². The highest BCUT2D eigenvalue weighted by molar-refractivity contribution is 5.86. The molecule has 3 unspecified atom stereocenters. The van der Waals surface area contributed by atoms with E-state index in [0.29, 0.717) is 6.54 Å². The van der Waals surface area contributed by atoms with Crippen LogP contribution in [0.15, 0.2) is 0 Å². The van der Waals surface area contributed by atoms with Crippen molar-refractivity contribution in [3.8, 4) is 0 Å². The van der Waals surface area contributed by atoms with Crippen LogP contribution in [-0.2, 0) is 9.59 Å². The molecule has 0 radical (unpaired) electrons. The average molecular weight is 230 g/mol. The Kier molecular flexibility index (Phi) is 4.26. The van der Waals surface area contributed by atoms with Gasteiger partial charge in [-0.05, 0) is 12.3 Å². The second-order valence-corrected chi connectivity index (χ2v) is 4.25. The van der Waals surface area contributed by atoms with Crippen LogP contribution in [0.2, 0.25) is 0 Å². The van der Waals surface area contributed by atoms with E-state index in [-0.39, 0.29) is 30.9 Å². The number of nitrogens with two attached hydrogens (primary N) is 1. The smallest absolute Gasteiger partial charge is 0.305 e. The number of nitrogens with zero attached hydrogens (tertiary/aromatic N) is 1. The van der Waals surface area contributed by atoms with Crippen molar-refractivity contribution >= 4 is 11.9 Å². The summed E-state index contributed by atoms with van der Waals surface area (Å²) in [6.45, 7) is 2.39. The van der Waals surface area contributed by atoms with E-state index in [4.69, 9.17) is 15.9 Å². The van der Waals surface area contributed by atoms with Crippen LogP contribution in [0.4, 0.5) is 0 Å². The quantitative estimate of drug-likeness (QED) is 0.575. The van der Waals surface area contributed by atoms with E-state index < -0.39 is 12.0 Å².